The lowest BCUT2D eigenvalue weighted by molar-refractivity contribution is -0.122. The minimum absolute atomic E-state index is 0.00666. The summed E-state index contributed by atoms with van der Waals surface area (Å²) in [5.41, 5.74) is 2.04. The van der Waals surface area contributed by atoms with Crippen LogP contribution < -0.4 is 5.32 Å². The lowest BCUT2D eigenvalue weighted by Gasteiger charge is -2.10. The third-order valence-electron chi connectivity index (χ3n) is 3.06. The van der Waals surface area contributed by atoms with Crippen molar-refractivity contribution in [1.82, 2.24) is 15.5 Å². The average Bonchev–Trinajstić information content (AvgIpc) is 2.87. The van der Waals surface area contributed by atoms with E-state index in [4.69, 9.17) is 4.52 Å². The third kappa shape index (κ3) is 4.15. The summed E-state index contributed by atoms with van der Waals surface area (Å²) >= 11 is 0. The first-order valence-corrected chi connectivity index (χ1v) is 7.15. The van der Waals surface area contributed by atoms with Crippen LogP contribution in [0, 0.1) is 12.8 Å². The van der Waals surface area contributed by atoms with Gasteiger partial charge in [0, 0.05) is 12.0 Å². The van der Waals surface area contributed by atoms with Crippen molar-refractivity contribution >= 4 is 5.91 Å². The van der Waals surface area contributed by atoms with Gasteiger partial charge in [-0.3, -0.25) is 4.79 Å². The van der Waals surface area contributed by atoms with Gasteiger partial charge in [-0.25, -0.2) is 0 Å². The molecule has 0 saturated heterocycles. The number of nitrogens with one attached hydrogen (secondary N) is 1. The summed E-state index contributed by atoms with van der Waals surface area (Å²) in [7, 11) is 0. The number of carbonyl (C=O) groups is 1. The Kier molecular flexibility index (Phi) is 4.73. The summed E-state index contributed by atoms with van der Waals surface area (Å²) in [5.74, 6) is 1.28. The van der Waals surface area contributed by atoms with E-state index in [1.54, 1.807) is 0 Å². The van der Waals surface area contributed by atoms with Gasteiger partial charge in [0.1, 0.15) is 6.04 Å². The maximum atomic E-state index is 11.8. The zero-order chi connectivity index (χ0) is 15.4. The second kappa shape index (κ2) is 6.52. The Labute approximate surface area is 124 Å². The van der Waals surface area contributed by atoms with Crippen molar-refractivity contribution < 1.29 is 9.32 Å². The number of benzene rings is 1. The van der Waals surface area contributed by atoms with Crippen LogP contribution in [0.1, 0.15) is 44.7 Å². The quantitative estimate of drug-likeness (QED) is 0.916. The lowest BCUT2D eigenvalue weighted by Crippen LogP contribution is -2.27. The lowest BCUT2D eigenvalue weighted by atomic mass is 10.1. The summed E-state index contributed by atoms with van der Waals surface area (Å²) in [4.78, 5) is 16.1. The number of amides is 1. The fourth-order valence-corrected chi connectivity index (χ4v) is 2.05. The molecule has 1 atom stereocenters. The monoisotopic (exact) mass is 287 g/mol. The minimum atomic E-state index is -0.290. The number of carbonyl (C=O) groups excluding carboxylic acids is 1. The predicted molar refractivity (Wildman–Crippen MR) is 80.5 cm³/mol. The standard InChI is InChI=1S/C16H21N3O2/c1-10(2)8-14(20)17-12(4)16-18-15(19-21-16)13-7-5-6-11(3)9-13/h5-7,9-10,12H,8H2,1-4H3,(H,17,20)/t12-/m0/s1. The fraction of sp³-hybridized carbons (Fsp3) is 0.438. The van der Waals surface area contributed by atoms with E-state index in [2.05, 4.69) is 15.5 Å². The van der Waals surface area contributed by atoms with Gasteiger partial charge in [-0.15, -0.1) is 0 Å². The molecule has 21 heavy (non-hydrogen) atoms. The first-order chi connectivity index (χ1) is 9.95. The van der Waals surface area contributed by atoms with Crippen LogP contribution in [0.5, 0.6) is 0 Å². The topological polar surface area (TPSA) is 68.0 Å². The number of aryl methyl sites for hydroxylation is 1. The van der Waals surface area contributed by atoms with Crippen molar-refractivity contribution in [3.05, 3.63) is 35.7 Å². The van der Waals surface area contributed by atoms with E-state index in [1.807, 2.05) is 52.0 Å². The molecule has 0 fully saturated rings. The highest BCUT2D eigenvalue weighted by Crippen LogP contribution is 2.19. The van der Waals surface area contributed by atoms with Gasteiger partial charge < -0.3 is 9.84 Å². The van der Waals surface area contributed by atoms with Crippen LogP contribution in [-0.2, 0) is 4.79 Å². The molecular formula is C16H21N3O2. The van der Waals surface area contributed by atoms with Crippen LogP contribution >= 0.6 is 0 Å². The Morgan fingerprint density at radius 3 is 2.76 bits per heavy atom. The Morgan fingerprint density at radius 2 is 2.10 bits per heavy atom. The number of hydrogen-bond acceptors (Lipinski definition) is 4. The van der Waals surface area contributed by atoms with Gasteiger partial charge in [-0.1, -0.05) is 42.8 Å². The highest BCUT2D eigenvalue weighted by molar-refractivity contribution is 5.76. The summed E-state index contributed by atoms with van der Waals surface area (Å²) in [6.45, 7) is 7.87. The van der Waals surface area contributed by atoms with Gasteiger partial charge in [0.15, 0.2) is 0 Å². The van der Waals surface area contributed by atoms with Crippen LogP contribution in [0.3, 0.4) is 0 Å². The molecule has 1 aromatic carbocycles. The predicted octanol–water partition coefficient (Wildman–Crippen LogP) is 3.27. The molecule has 0 aliphatic heterocycles. The van der Waals surface area contributed by atoms with Gasteiger partial charge in [0.25, 0.3) is 0 Å². The van der Waals surface area contributed by atoms with Gasteiger partial charge in [-0.2, -0.15) is 4.98 Å². The number of nitrogens with zero attached hydrogens (tertiary/aromatic N) is 2. The van der Waals surface area contributed by atoms with Gasteiger partial charge in [0.05, 0.1) is 0 Å². The molecular weight excluding hydrogens is 266 g/mol. The maximum Gasteiger partial charge on any atom is 0.249 e. The second-order valence-electron chi connectivity index (χ2n) is 5.71. The Hall–Kier alpha value is -2.17. The van der Waals surface area contributed by atoms with E-state index in [0.29, 0.717) is 24.1 Å². The Bertz CT molecular complexity index is 619. The molecule has 1 amide bonds. The first kappa shape index (κ1) is 15.2. The molecule has 0 saturated carbocycles. The number of hydrogen-bond donors (Lipinski definition) is 1. The Morgan fingerprint density at radius 1 is 1.33 bits per heavy atom. The highest BCUT2D eigenvalue weighted by Gasteiger charge is 2.17. The summed E-state index contributed by atoms with van der Waals surface area (Å²) in [5, 5.41) is 6.85. The smallest absolute Gasteiger partial charge is 0.249 e. The first-order valence-electron chi connectivity index (χ1n) is 7.15. The number of rotatable bonds is 5. The van der Waals surface area contributed by atoms with E-state index in [-0.39, 0.29) is 11.9 Å². The van der Waals surface area contributed by atoms with E-state index in [0.717, 1.165) is 11.1 Å². The Balaban J connectivity index is 2.07. The normalized spacial score (nSPS) is 12.4. The second-order valence-corrected chi connectivity index (χ2v) is 5.71. The average molecular weight is 287 g/mol. The molecule has 0 bridgehead atoms. The van der Waals surface area contributed by atoms with Gasteiger partial charge >= 0.3 is 0 Å². The van der Waals surface area contributed by atoms with Gasteiger partial charge in [-0.05, 0) is 25.8 Å². The van der Waals surface area contributed by atoms with Crippen LogP contribution in [0.4, 0.5) is 0 Å². The van der Waals surface area contributed by atoms with E-state index in [9.17, 15) is 4.79 Å². The van der Waals surface area contributed by atoms with E-state index < -0.39 is 0 Å². The molecule has 112 valence electrons. The largest absolute Gasteiger partial charge is 0.345 e. The van der Waals surface area contributed by atoms with Crippen LogP contribution in [-0.4, -0.2) is 16.0 Å². The molecule has 0 unspecified atom stereocenters. The fourth-order valence-electron chi connectivity index (χ4n) is 2.05. The van der Waals surface area contributed by atoms with Crippen molar-refractivity contribution in [3.8, 4) is 11.4 Å². The molecule has 5 heteroatoms. The van der Waals surface area contributed by atoms with Crippen molar-refractivity contribution in [2.45, 2.75) is 40.2 Å². The molecule has 1 aromatic heterocycles. The van der Waals surface area contributed by atoms with E-state index in [1.165, 1.54) is 0 Å². The molecule has 0 aliphatic rings. The zero-order valence-corrected chi connectivity index (χ0v) is 12.9. The molecule has 5 nitrogen and oxygen atoms in total. The van der Waals surface area contributed by atoms with Crippen molar-refractivity contribution in [1.29, 1.82) is 0 Å². The molecule has 0 aliphatic carbocycles. The molecule has 0 radical (unpaired) electrons. The van der Waals surface area contributed by atoms with Crippen LogP contribution in [0.2, 0.25) is 0 Å². The summed E-state index contributed by atoms with van der Waals surface area (Å²) < 4.78 is 5.25. The molecule has 0 spiro atoms. The van der Waals surface area contributed by atoms with Crippen molar-refractivity contribution in [2.24, 2.45) is 5.92 Å². The van der Waals surface area contributed by atoms with Crippen LogP contribution in [0.15, 0.2) is 28.8 Å². The summed E-state index contributed by atoms with van der Waals surface area (Å²) in [6, 6.07) is 7.61. The SMILES string of the molecule is Cc1cccc(-c2noc([C@H](C)NC(=O)CC(C)C)n2)c1. The van der Waals surface area contributed by atoms with E-state index >= 15 is 0 Å². The van der Waals surface area contributed by atoms with Crippen molar-refractivity contribution in [2.75, 3.05) is 0 Å². The molecule has 2 aromatic rings. The van der Waals surface area contributed by atoms with Crippen LogP contribution in [0.25, 0.3) is 11.4 Å². The minimum Gasteiger partial charge on any atom is -0.345 e. The molecule has 2 rings (SSSR count). The zero-order valence-electron chi connectivity index (χ0n) is 12.9. The summed E-state index contributed by atoms with van der Waals surface area (Å²) in [6.07, 6.45) is 0.489. The molecule has 1 N–H and O–H groups in total. The van der Waals surface area contributed by atoms with Gasteiger partial charge in [0.2, 0.25) is 17.6 Å². The maximum absolute atomic E-state index is 11.8. The molecule has 1 heterocycles. The highest BCUT2D eigenvalue weighted by atomic mass is 16.5. The number of aromatic nitrogens is 2. The third-order valence-corrected chi connectivity index (χ3v) is 3.06. The van der Waals surface area contributed by atoms with Crippen molar-refractivity contribution in [3.63, 3.8) is 0 Å².